The van der Waals surface area contributed by atoms with E-state index in [1.165, 1.54) is 32.4 Å². The van der Waals surface area contributed by atoms with Gasteiger partial charge in [0.1, 0.15) is 17.7 Å². The van der Waals surface area contributed by atoms with Gasteiger partial charge in [-0.1, -0.05) is 0 Å². The van der Waals surface area contributed by atoms with Crippen LogP contribution >= 0.6 is 0 Å². The Morgan fingerprint density at radius 1 is 1.43 bits per heavy atom. The van der Waals surface area contributed by atoms with Crippen molar-refractivity contribution in [3.8, 4) is 5.75 Å². The molecule has 0 heterocycles. The smallest absolute Gasteiger partial charge is 0.124 e. The fourth-order valence-corrected chi connectivity index (χ4v) is 1.21. The topological polar surface area (TPSA) is 38.7 Å². The summed E-state index contributed by atoms with van der Waals surface area (Å²) in [6.45, 7) is 0.111. The van der Waals surface area contributed by atoms with Gasteiger partial charge in [-0.25, -0.2) is 4.39 Å². The molecule has 0 bridgehead atoms. The zero-order chi connectivity index (χ0) is 10.6. The van der Waals surface area contributed by atoms with Crippen LogP contribution in [0.25, 0.3) is 0 Å². The van der Waals surface area contributed by atoms with Crippen molar-refractivity contribution >= 4 is 0 Å². The summed E-state index contributed by atoms with van der Waals surface area (Å²) in [7, 11) is 2.94. The first kappa shape index (κ1) is 10.9. The lowest BCUT2D eigenvalue weighted by atomic mass is 10.1. The highest BCUT2D eigenvalue weighted by Gasteiger charge is 2.13. The minimum Gasteiger partial charge on any atom is -0.496 e. The van der Waals surface area contributed by atoms with E-state index < -0.39 is 11.9 Å². The maximum atomic E-state index is 12.9. The number of rotatable bonds is 4. The fourth-order valence-electron chi connectivity index (χ4n) is 1.21. The number of halogens is 1. The van der Waals surface area contributed by atoms with Crippen LogP contribution in [-0.2, 0) is 4.74 Å². The van der Waals surface area contributed by atoms with Gasteiger partial charge in [0.15, 0.2) is 0 Å². The van der Waals surface area contributed by atoms with Crippen molar-refractivity contribution in [3.05, 3.63) is 29.6 Å². The van der Waals surface area contributed by atoms with E-state index in [0.717, 1.165) is 0 Å². The van der Waals surface area contributed by atoms with E-state index >= 15 is 0 Å². The van der Waals surface area contributed by atoms with Gasteiger partial charge in [0.2, 0.25) is 0 Å². The third-order valence-corrected chi connectivity index (χ3v) is 1.88. The molecule has 1 N–H and O–H groups in total. The number of aliphatic hydroxyl groups is 1. The van der Waals surface area contributed by atoms with E-state index in [1.54, 1.807) is 0 Å². The number of methoxy groups -OCH3 is 2. The molecule has 1 aromatic carbocycles. The second kappa shape index (κ2) is 4.93. The van der Waals surface area contributed by atoms with Crippen LogP contribution in [0.3, 0.4) is 0 Å². The van der Waals surface area contributed by atoms with Crippen LogP contribution in [0.4, 0.5) is 4.39 Å². The van der Waals surface area contributed by atoms with Crippen molar-refractivity contribution in [1.82, 2.24) is 0 Å². The molecule has 1 unspecified atom stereocenters. The van der Waals surface area contributed by atoms with Gasteiger partial charge in [0.05, 0.1) is 13.7 Å². The predicted molar refractivity (Wildman–Crippen MR) is 49.8 cm³/mol. The van der Waals surface area contributed by atoms with Gasteiger partial charge in [0, 0.05) is 12.7 Å². The maximum absolute atomic E-state index is 12.9. The lowest BCUT2D eigenvalue weighted by Crippen LogP contribution is -2.07. The molecule has 0 aliphatic carbocycles. The maximum Gasteiger partial charge on any atom is 0.124 e. The van der Waals surface area contributed by atoms with Gasteiger partial charge in [-0.15, -0.1) is 0 Å². The molecular weight excluding hydrogens is 187 g/mol. The summed E-state index contributed by atoms with van der Waals surface area (Å²) >= 11 is 0. The third kappa shape index (κ3) is 2.43. The summed E-state index contributed by atoms with van der Waals surface area (Å²) < 4.78 is 22.6. The average Bonchev–Trinajstić information content (AvgIpc) is 2.18. The van der Waals surface area contributed by atoms with E-state index in [9.17, 15) is 9.50 Å². The van der Waals surface area contributed by atoms with E-state index in [4.69, 9.17) is 9.47 Å². The minimum absolute atomic E-state index is 0.111. The average molecular weight is 200 g/mol. The Morgan fingerprint density at radius 2 is 2.14 bits per heavy atom. The SMILES string of the molecule is COCC(O)c1cc(F)ccc1OC. The Bertz CT molecular complexity index is 301. The highest BCUT2D eigenvalue weighted by molar-refractivity contribution is 5.35. The molecule has 78 valence electrons. The molecule has 3 nitrogen and oxygen atoms in total. The van der Waals surface area contributed by atoms with E-state index in [1.807, 2.05) is 0 Å². The molecule has 0 aliphatic rings. The van der Waals surface area contributed by atoms with E-state index in [2.05, 4.69) is 0 Å². The first-order valence-corrected chi connectivity index (χ1v) is 4.19. The van der Waals surface area contributed by atoms with Crippen molar-refractivity contribution in [2.75, 3.05) is 20.8 Å². The minimum atomic E-state index is -0.870. The lowest BCUT2D eigenvalue weighted by molar-refractivity contribution is 0.0626. The molecule has 0 saturated carbocycles. The van der Waals surface area contributed by atoms with Crippen LogP contribution in [0.2, 0.25) is 0 Å². The molecule has 4 heteroatoms. The summed E-state index contributed by atoms with van der Waals surface area (Å²) in [5.74, 6) is 0.0481. The predicted octanol–water partition coefficient (Wildman–Crippen LogP) is 1.51. The molecule has 0 aromatic heterocycles. The van der Waals surface area contributed by atoms with Crippen molar-refractivity contribution < 1.29 is 19.0 Å². The Morgan fingerprint density at radius 3 is 2.71 bits per heavy atom. The van der Waals surface area contributed by atoms with Crippen LogP contribution in [0.1, 0.15) is 11.7 Å². The first-order chi connectivity index (χ1) is 6.69. The Kier molecular flexibility index (Phi) is 3.85. The quantitative estimate of drug-likeness (QED) is 0.800. The van der Waals surface area contributed by atoms with Crippen LogP contribution in [-0.4, -0.2) is 25.9 Å². The molecule has 1 atom stereocenters. The molecular formula is C10H13FO3. The summed E-state index contributed by atoms with van der Waals surface area (Å²) in [6.07, 6.45) is -0.870. The largest absolute Gasteiger partial charge is 0.496 e. The van der Waals surface area contributed by atoms with Crippen LogP contribution < -0.4 is 4.74 Å². The molecule has 0 spiro atoms. The zero-order valence-electron chi connectivity index (χ0n) is 8.16. The Hall–Kier alpha value is -1.13. The standard InChI is InChI=1S/C10H13FO3/c1-13-6-9(12)8-5-7(11)3-4-10(8)14-2/h3-5,9,12H,6H2,1-2H3. The first-order valence-electron chi connectivity index (χ1n) is 4.19. The number of hydrogen-bond donors (Lipinski definition) is 1. The summed E-state index contributed by atoms with van der Waals surface area (Å²) in [5, 5.41) is 9.59. The number of aliphatic hydroxyl groups excluding tert-OH is 1. The zero-order valence-corrected chi connectivity index (χ0v) is 8.16. The molecule has 0 saturated heterocycles. The van der Waals surface area contributed by atoms with Crippen LogP contribution in [0.5, 0.6) is 5.75 Å². The second-order valence-corrected chi connectivity index (χ2v) is 2.86. The molecule has 14 heavy (non-hydrogen) atoms. The summed E-state index contributed by atoms with van der Waals surface area (Å²) in [5.41, 5.74) is 0.398. The highest BCUT2D eigenvalue weighted by Crippen LogP contribution is 2.25. The van der Waals surface area contributed by atoms with E-state index in [-0.39, 0.29) is 6.61 Å². The highest BCUT2D eigenvalue weighted by atomic mass is 19.1. The molecule has 0 amide bonds. The van der Waals surface area contributed by atoms with Gasteiger partial charge in [-0.2, -0.15) is 0 Å². The Balaban J connectivity index is 2.97. The summed E-state index contributed by atoms with van der Waals surface area (Å²) in [4.78, 5) is 0. The number of hydrogen-bond acceptors (Lipinski definition) is 3. The van der Waals surface area contributed by atoms with Gasteiger partial charge in [-0.3, -0.25) is 0 Å². The fraction of sp³-hybridized carbons (Fsp3) is 0.400. The van der Waals surface area contributed by atoms with Gasteiger partial charge < -0.3 is 14.6 Å². The van der Waals surface area contributed by atoms with Gasteiger partial charge >= 0.3 is 0 Å². The van der Waals surface area contributed by atoms with Crippen molar-refractivity contribution in [2.24, 2.45) is 0 Å². The molecule has 0 aliphatic heterocycles. The summed E-state index contributed by atoms with van der Waals surface area (Å²) in [6, 6.07) is 3.99. The van der Waals surface area contributed by atoms with Crippen LogP contribution in [0.15, 0.2) is 18.2 Å². The molecule has 1 rings (SSSR count). The lowest BCUT2D eigenvalue weighted by Gasteiger charge is -2.13. The molecule has 1 aromatic rings. The van der Waals surface area contributed by atoms with E-state index in [0.29, 0.717) is 11.3 Å². The van der Waals surface area contributed by atoms with Crippen molar-refractivity contribution in [3.63, 3.8) is 0 Å². The number of ether oxygens (including phenoxy) is 2. The number of benzene rings is 1. The van der Waals surface area contributed by atoms with Gasteiger partial charge in [-0.05, 0) is 18.2 Å². The second-order valence-electron chi connectivity index (χ2n) is 2.86. The van der Waals surface area contributed by atoms with Crippen molar-refractivity contribution in [1.29, 1.82) is 0 Å². The van der Waals surface area contributed by atoms with Gasteiger partial charge in [0.25, 0.3) is 0 Å². The van der Waals surface area contributed by atoms with Crippen molar-refractivity contribution in [2.45, 2.75) is 6.10 Å². The Labute approximate surface area is 82.1 Å². The molecule has 0 radical (unpaired) electrons. The van der Waals surface area contributed by atoms with Crippen LogP contribution in [0, 0.1) is 5.82 Å². The molecule has 0 fully saturated rings. The monoisotopic (exact) mass is 200 g/mol. The normalized spacial score (nSPS) is 12.6. The third-order valence-electron chi connectivity index (χ3n) is 1.88.